The average Bonchev–Trinajstić information content (AvgIpc) is 3.01. The van der Waals surface area contributed by atoms with E-state index in [-0.39, 0.29) is 30.1 Å². The summed E-state index contributed by atoms with van der Waals surface area (Å²) in [6.07, 6.45) is 7.60. The zero-order chi connectivity index (χ0) is 22.1. The van der Waals surface area contributed by atoms with E-state index in [0.29, 0.717) is 36.5 Å². The van der Waals surface area contributed by atoms with Crippen LogP contribution in [0.4, 0.5) is 0 Å². The first-order valence-corrected chi connectivity index (χ1v) is 12.0. The molecule has 4 rings (SSSR count). The molecule has 8 atom stereocenters. The fourth-order valence-corrected chi connectivity index (χ4v) is 8.93. The number of rotatable bonds is 4. The third-order valence-electron chi connectivity index (χ3n) is 10.6. The first-order chi connectivity index (χ1) is 13.9. The van der Waals surface area contributed by atoms with Gasteiger partial charge < -0.3 is 25.5 Å². The molecule has 0 radical (unpaired) electrons. The van der Waals surface area contributed by atoms with E-state index in [0.717, 1.165) is 38.5 Å². The third-order valence-corrected chi connectivity index (χ3v) is 10.6. The van der Waals surface area contributed by atoms with Gasteiger partial charge in [0.1, 0.15) is 0 Å². The lowest BCUT2D eigenvalue weighted by Crippen LogP contribution is -2.73. The molecule has 4 aliphatic rings. The molecule has 30 heavy (non-hydrogen) atoms. The Kier molecular flexibility index (Phi) is 5.37. The molecule has 0 heterocycles. The van der Waals surface area contributed by atoms with Gasteiger partial charge in [0.25, 0.3) is 0 Å². The molecular formula is C24H40O6. The minimum Gasteiger partial charge on any atom is -0.481 e. The van der Waals surface area contributed by atoms with Crippen molar-refractivity contribution in [2.24, 2.45) is 46.3 Å². The van der Waals surface area contributed by atoms with Gasteiger partial charge in [0.2, 0.25) is 11.6 Å². The van der Waals surface area contributed by atoms with Crippen LogP contribution in [0.25, 0.3) is 0 Å². The Balaban J connectivity index is 1.60. The maximum absolute atomic E-state index is 11.1. The van der Waals surface area contributed by atoms with Gasteiger partial charge in [-0.05, 0) is 92.3 Å². The normalized spacial score (nSPS) is 47.6. The lowest BCUT2D eigenvalue weighted by molar-refractivity contribution is -0.436. The van der Waals surface area contributed by atoms with Crippen LogP contribution in [0.1, 0.15) is 85.0 Å². The topological polar surface area (TPSA) is 118 Å². The molecule has 0 aromatic heterocycles. The Morgan fingerprint density at radius 1 is 0.933 bits per heavy atom. The summed E-state index contributed by atoms with van der Waals surface area (Å²) in [6, 6.07) is 0. The van der Waals surface area contributed by atoms with Crippen LogP contribution in [0.15, 0.2) is 0 Å². The fourth-order valence-electron chi connectivity index (χ4n) is 8.93. The highest BCUT2D eigenvalue weighted by atomic mass is 16.6. The second-order valence-electron chi connectivity index (χ2n) is 11.6. The van der Waals surface area contributed by atoms with Gasteiger partial charge >= 0.3 is 5.97 Å². The molecule has 0 unspecified atom stereocenters. The highest BCUT2D eigenvalue weighted by molar-refractivity contribution is 5.66. The molecule has 0 spiro atoms. The smallest absolute Gasteiger partial charge is 0.303 e. The Bertz CT molecular complexity index is 689. The zero-order valence-electron chi connectivity index (χ0n) is 18.7. The monoisotopic (exact) mass is 424 g/mol. The van der Waals surface area contributed by atoms with Gasteiger partial charge in [0.05, 0.1) is 0 Å². The number of carboxylic acid groups (broad SMARTS) is 1. The number of fused-ring (bicyclic) bond motifs is 5. The summed E-state index contributed by atoms with van der Waals surface area (Å²) in [4.78, 5) is 11.1. The zero-order valence-corrected chi connectivity index (χ0v) is 18.7. The Morgan fingerprint density at radius 2 is 1.63 bits per heavy atom. The molecule has 4 aliphatic carbocycles. The van der Waals surface area contributed by atoms with Crippen LogP contribution in [0.5, 0.6) is 0 Å². The summed E-state index contributed by atoms with van der Waals surface area (Å²) >= 11 is 0. The van der Waals surface area contributed by atoms with Gasteiger partial charge in [-0.3, -0.25) is 4.79 Å². The highest BCUT2D eigenvalue weighted by Gasteiger charge is 2.71. The van der Waals surface area contributed by atoms with Crippen LogP contribution in [0, 0.1) is 46.3 Å². The van der Waals surface area contributed by atoms with Crippen molar-refractivity contribution >= 4 is 5.97 Å². The summed E-state index contributed by atoms with van der Waals surface area (Å²) in [5, 5.41) is 52.1. The molecule has 0 aromatic rings. The maximum Gasteiger partial charge on any atom is 0.303 e. The van der Waals surface area contributed by atoms with Crippen LogP contribution >= 0.6 is 0 Å². The lowest BCUT2D eigenvalue weighted by Gasteiger charge is -2.65. The number of hydrogen-bond donors (Lipinski definition) is 5. The van der Waals surface area contributed by atoms with E-state index in [9.17, 15) is 25.2 Å². The second kappa shape index (κ2) is 7.16. The number of carbonyl (C=O) groups is 1. The van der Waals surface area contributed by atoms with E-state index in [1.54, 1.807) is 0 Å². The van der Waals surface area contributed by atoms with Gasteiger partial charge in [-0.25, -0.2) is 0 Å². The Labute approximate surface area is 179 Å². The van der Waals surface area contributed by atoms with Crippen molar-refractivity contribution in [3.8, 4) is 0 Å². The molecule has 0 aliphatic heterocycles. The molecule has 0 saturated heterocycles. The van der Waals surface area contributed by atoms with Gasteiger partial charge in [-0.1, -0.05) is 20.8 Å². The SMILES string of the molecule is C[C@H](CCC(=O)O)[C@H]1CC[C@H]2[C@@H]3CC[C@@H]4CCC(O)(O)C(O)(O)[C@]4(C)[C@H]3CC[C@]12C. The van der Waals surface area contributed by atoms with E-state index in [2.05, 4.69) is 13.8 Å². The van der Waals surface area contributed by atoms with Crippen molar-refractivity contribution in [3.05, 3.63) is 0 Å². The van der Waals surface area contributed by atoms with Crippen LogP contribution in [0.2, 0.25) is 0 Å². The van der Waals surface area contributed by atoms with Gasteiger partial charge in [-0.15, -0.1) is 0 Å². The predicted octanol–water partition coefficient (Wildman–Crippen LogP) is 3.12. The summed E-state index contributed by atoms with van der Waals surface area (Å²) in [5.74, 6) is -3.84. The van der Waals surface area contributed by atoms with E-state index < -0.39 is 23.0 Å². The quantitative estimate of drug-likeness (QED) is 0.443. The first kappa shape index (κ1) is 22.5. The highest BCUT2D eigenvalue weighted by Crippen LogP contribution is 2.70. The van der Waals surface area contributed by atoms with Crippen molar-refractivity contribution in [3.63, 3.8) is 0 Å². The van der Waals surface area contributed by atoms with Crippen LogP contribution in [-0.2, 0) is 4.79 Å². The molecule has 0 bridgehead atoms. The number of hydrogen-bond acceptors (Lipinski definition) is 5. The van der Waals surface area contributed by atoms with E-state index in [4.69, 9.17) is 5.11 Å². The molecule has 172 valence electrons. The van der Waals surface area contributed by atoms with E-state index in [1.165, 1.54) is 0 Å². The van der Waals surface area contributed by atoms with Crippen LogP contribution in [-0.4, -0.2) is 43.1 Å². The minimum atomic E-state index is -2.51. The number of aliphatic carboxylic acids is 1. The molecule has 6 nitrogen and oxygen atoms in total. The standard InChI is InChI=1S/C24H40O6/c1-14(4-9-20(25)26)17-7-8-18-16-6-5-15-10-13-23(27,28)24(29,30)22(15,3)19(16)11-12-21(17,18)2/h14-19,27-30H,4-13H2,1-3H3,(H,25,26)/t14-,15-,16+,17-,18+,19+,21-,22+/m1/s1. The molecule has 6 heteroatoms. The Hall–Kier alpha value is -0.690. The minimum absolute atomic E-state index is 0.00194. The van der Waals surface area contributed by atoms with Gasteiger partial charge in [-0.2, -0.15) is 0 Å². The maximum atomic E-state index is 11.1. The molecule has 4 fully saturated rings. The predicted molar refractivity (Wildman–Crippen MR) is 111 cm³/mol. The molecular weight excluding hydrogens is 384 g/mol. The molecule has 0 aromatic carbocycles. The van der Waals surface area contributed by atoms with Crippen molar-refractivity contribution in [1.29, 1.82) is 0 Å². The largest absolute Gasteiger partial charge is 0.481 e. The molecule has 4 saturated carbocycles. The molecule has 5 N–H and O–H groups in total. The van der Waals surface area contributed by atoms with E-state index >= 15 is 0 Å². The summed E-state index contributed by atoms with van der Waals surface area (Å²) in [5.41, 5.74) is -0.772. The van der Waals surface area contributed by atoms with E-state index in [1.807, 2.05) is 6.92 Å². The molecule has 0 amide bonds. The van der Waals surface area contributed by atoms with Crippen LogP contribution in [0.3, 0.4) is 0 Å². The first-order valence-electron chi connectivity index (χ1n) is 12.0. The number of aliphatic hydroxyl groups is 4. The summed E-state index contributed by atoms with van der Waals surface area (Å²) in [6.45, 7) is 6.47. The van der Waals surface area contributed by atoms with Crippen molar-refractivity contribution in [2.75, 3.05) is 0 Å². The van der Waals surface area contributed by atoms with Crippen molar-refractivity contribution in [1.82, 2.24) is 0 Å². The number of carboxylic acids is 1. The van der Waals surface area contributed by atoms with Crippen molar-refractivity contribution in [2.45, 2.75) is 96.6 Å². The fraction of sp³-hybridized carbons (Fsp3) is 0.958. The van der Waals surface area contributed by atoms with Gasteiger partial charge in [0, 0.05) is 18.3 Å². The summed E-state index contributed by atoms with van der Waals surface area (Å²) in [7, 11) is 0. The van der Waals surface area contributed by atoms with Crippen LogP contribution < -0.4 is 0 Å². The third kappa shape index (κ3) is 2.93. The second-order valence-corrected chi connectivity index (χ2v) is 11.6. The average molecular weight is 425 g/mol. The van der Waals surface area contributed by atoms with Gasteiger partial charge in [0.15, 0.2) is 0 Å². The Morgan fingerprint density at radius 3 is 2.30 bits per heavy atom. The van der Waals surface area contributed by atoms with Crippen molar-refractivity contribution < 1.29 is 30.3 Å². The summed E-state index contributed by atoms with van der Waals surface area (Å²) < 4.78 is 0. The lowest BCUT2D eigenvalue weighted by atomic mass is 9.42.